The molecule has 5 rings (SSSR count). The molecule has 140 valence electrons. The molecule has 3 N–H and O–H groups in total. The maximum absolute atomic E-state index is 11.6. The molecule has 1 aromatic heterocycles. The fourth-order valence-electron chi connectivity index (χ4n) is 3.84. The highest BCUT2D eigenvalue weighted by Crippen LogP contribution is 2.43. The van der Waals surface area contributed by atoms with Crippen LogP contribution in [0.15, 0.2) is 42.5 Å². The molecule has 1 aliphatic heterocycles. The average molecular weight is 373 g/mol. The zero-order valence-electron chi connectivity index (χ0n) is 15.6. The van der Waals surface area contributed by atoms with E-state index in [4.69, 9.17) is 20.4 Å². The second kappa shape index (κ2) is 5.62. The number of primary amides is 1. The molecular formula is C22H19N3O3. The zero-order chi connectivity index (χ0) is 19.6. The Morgan fingerprint density at radius 1 is 1.11 bits per heavy atom. The van der Waals surface area contributed by atoms with Crippen LogP contribution in [-0.4, -0.2) is 32.7 Å². The van der Waals surface area contributed by atoms with Crippen LogP contribution in [0.2, 0.25) is 0 Å². The number of aliphatic hydroxyl groups is 1. The normalized spacial score (nSPS) is 18.2. The SMILES string of the molecule is CC1(C)Oc2c(c3nc4cc(C(N)=O)ccc4nc3c3ccccc23)CC1O. The zero-order valence-corrected chi connectivity index (χ0v) is 15.6. The van der Waals surface area contributed by atoms with Crippen LogP contribution in [0.5, 0.6) is 5.75 Å². The van der Waals surface area contributed by atoms with Crippen LogP contribution in [0.3, 0.4) is 0 Å². The number of fused-ring (bicyclic) bond motifs is 7. The van der Waals surface area contributed by atoms with E-state index in [2.05, 4.69) is 0 Å². The number of benzene rings is 3. The van der Waals surface area contributed by atoms with Crippen molar-refractivity contribution in [2.75, 3.05) is 0 Å². The monoisotopic (exact) mass is 373 g/mol. The first-order valence-corrected chi connectivity index (χ1v) is 9.17. The van der Waals surface area contributed by atoms with E-state index in [1.807, 2.05) is 38.1 Å². The van der Waals surface area contributed by atoms with E-state index in [9.17, 15) is 9.90 Å². The minimum atomic E-state index is -0.702. The number of carbonyl (C=O) groups is 1. The Kier molecular flexibility index (Phi) is 3.39. The number of carbonyl (C=O) groups excluding carboxylic acids is 1. The number of amides is 1. The van der Waals surface area contributed by atoms with E-state index in [1.54, 1.807) is 18.2 Å². The molecule has 1 atom stereocenters. The van der Waals surface area contributed by atoms with Crippen molar-refractivity contribution < 1.29 is 14.6 Å². The van der Waals surface area contributed by atoms with Gasteiger partial charge in [-0.3, -0.25) is 4.79 Å². The maximum Gasteiger partial charge on any atom is 0.248 e. The van der Waals surface area contributed by atoms with Crippen molar-refractivity contribution in [1.82, 2.24) is 9.97 Å². The van der Waals surface area contributed by atoms with Gasteiger partial charge in [-0.1, -0.05) is 24.3 Å². The number of ether oxygens (including phenoxy) is 1. The summed E-state index contributed by atoms with van der Waals surface area (Å²) >= 11 is 0. The summed E-state index contributed by atoms with van der Waals surface area (Å²) < 4.78 is 6.24. The molecule has 6 heteroatoms. The standard InChI is InChI=1S/C22H19N3O3/c1-22(2)17(26)10-14-19-18(12-5-3-4-6-13(12)20(14)28-22)24-15-8-7-11(21(23)27)9-16(15)25-19/h3-9,17,26H,10H2,1-2H3,(H2,23,27). The van der Waals surface area contributed by atoms with Gasteiger partial charge in [0.05, 0.1) is 28.2 Å². The Morgan fingerprint density at radius 3 is 2.57 bits per heavy atom. The molecule has 0 radical (unpaired) electrons. The topological polar surface area (TPSA) is 98.3 Å². The van der Waals surface area contributed by atoms with Gasteiger partial charge in [0.25, 0.3) is 0 Å². The lowest BCUT2D eigenvalue weighted by Gasteiger charge is -2.38. The third kappa shape index (κ3) is 2.34. The lowest BCUT2D eigenvalue weighted by molar-refractivity contribution is -0.0396. The van der Waals surface area contributed by atoms with Crippen molar-refractivity contribution in [1.29, 1.82) is 0 Å². The van der Waals surface area contributed by atoms with Gasteiger partial charge >= 0.3 is 0 Å². The summed E-state index contributed by atoms with van der Waals surface area (Å²) in [6, 6.07) is 13.0. The molecule has 0 spiro atoms. The van der Waals surface area contributed by atoms with Crippen LogP contribution in [0.25, 0.3) is 32.8 Å². The summed E-state index contributed by atoms with van der Waals surface area (Å²) in [6.07, 6.45) is -0.252. The fraction of sp³-hybridized carbons (Fsp3) is 0.227. The minimum absolute atomic E-state index is 0.383. The summed E-state index contributed by atoms with van der Waals surface area (Å²) in [5.74, 6) is 0.225. The first-order chi connectivity index (χ1) is 13.3. The largest absolute Gasteiger partial charge is 0.484 e. The Labute approximate surface area is 161 Å². The maximum atomic E-state index is 11.6. The van der Waals surface area contributed by atoms with Gasteiger partial charge in [0, 0.05) is 28.3 Å². The highest BCUT2D eigenvalue weighted by Gasteiger charge is 2.38. The molecule has 1 unspecified atom stereocenters. The third-order valence-corrected chi connectivity index (χ3v) is 5.50. The van der Waals surface area contributed by atoms with Crippen LogP contribution >= 0.6 is 0 Å². The fourth-order valence-corrected chi connectivity index (χ4v) is 3.84. The molecule has 1 amide bonds. The number of rotatable bonds is 1. The lowest BCUT2D eigenvalue weighted by Crippen LogP contribution is -2.46. The molecule has 0 saturated heterocycles. The number of nitrogens with zero attached hydrogens (tertiary/aromatic N) is 2. The molecule has 0 aliphatic carbocycles. The molecule has 0 saturated carbocycles. The van der Waals surface area contributed by atoms with Gasteiger partial charge in [0.1, 0.15) is 11.4 Å². The van der Waals surface area contributed by atoms with Crippen LogP contribution in [0.4, 0.5) is 0 Å². The minimum Gasteiger partial charge on any atom is -0.484 e. The van der Waals surface area contributed by atoms with Gasteiger partial charge < -0.3 is 15.6 Å². The Hall–Kier alpha value is -3.25. The molecule has 6 nitrogen and oxygen atoms in total. The Bertz CT molecular complexity index is 1300. The molecule has 1 aliphatic rings. The van der Waals surface area contributed by atoms with Crippen LogP contribution in [-0.2, 0) is 6.42 Å². The highest BCUT2D eigenvalue weighted by atomic mass is 16.5. The Morgan fingerprint density at radius 2 is 1.82 bits per heavy atom. The summed E-state index contributed by atoms with van der Waals surface area (Å²) in [7, 11) is 0. The van der Waals surface area contributed by atoms with Crippen molar-refractivity contribution in [3.63, 3.8) is 0 Å². The second-order valence-corrected chi connectivity index (χ2v) is 7.77. The molecule has 4 aromatic rings. The third-order valence-electron chi connectivity index (χ3n) is 5.50. The van der Waals surface area contributed by atoms with E-state index < -0.39 is 17.6 Å². The first-order valence-electron chi connectivity index (χ1n) is 9.17. The molecule has 2 heterocycles. The van der Waals surface area contributed by atoms with Gasteiger partial charge in [0.15, 0.2) is 0 Å². The number of aromatic nitrogens is 2. The summed E-state index contributed by atoms with van der Waals surface area (Å²) in [6.45, 7) is 3.76. The average Bonchev–Trinajstić information content (AvgIpc) is 2.67. The van der Waals surface area contributed by atoms with Crippen LogP contribution in [0.1, 0.15) is 29.8 Å². The van der Waals surface area contributed by atoms with Gasteiger partial charge in [-0.2, -0.15) is 0 Å². The van der Waals surface area contributed by atoms with E-state index in [0.29, 0.717) is 28.5 Å². The summed E-state index contributed by atoms with van der Waals surface area (Å²) in [4.78, 5) is 21.2. The van der Waals surface area contributed by atoms with Crippen LogP contribution < -0.4 is 10.5 Å². The molecule has 0 fully saturated rings. The van der Waals surface area contributed by atoms with Gasteiger partial charge in [-0.15, -0.1) is 0 Å². The van der Waals surface area contributed by atoms with Crippen LogP contribution in [0, 0.1) is 0 Å². The number of hydrogen-bond acceptors (Lipinski definition) is 5. The van der Waals surface area contributed by atoms with Crippen molar-refractivity contribution in [2.24, 2.45) is 5.73 Å². The first kappa shape index (κ1) is 16.9. The predicted octanol–water partition coefficient (Wildman–Crippen LogP) is 3.11. The molecule has 0 bridgehead atoms. The summed E-state index contributed by atoms with van der Waals surface area (Å²) in [5.41, 5.74) is 8.62. The number of nitrogens with two attached hydrogens (primary N) is 1. The number of hydrogen-bond donors (Lipinski definition) is 2. The molecule has 28 heavy (non-hydrogen) atoms. The second-order valence-electron chi connectivity index (χ2n) is 7.77. The van der Waals surface area contributed by atoms with E-state index in [1.165, 1.54) is 0 Å². The van der Waals surface area contributed by atoms with Crippen molar-refractivity contribution in [3.8, 4) is 5.75 Å². The van der Waals surface area contributed by atoms with Gasteiger partial charge in [-0.05, 0) is 32.0 Å². The highest BCUT2D eigenvalue weighted by molar-refractivity contribution is 6.11. The Balaban J connectivity index is 1.93. The quantitative estimate of drug-likeness (QED) is 0.395. The van der Waals surface area contributed by atoms with E-state index in [-0.39, 0.29) is 0 Å². The van der Waals surface area contributed by atoms with Gasteiger partial charge in [-0.25, -0.2) is 9.97 Å². The number of aliphatic hydroxyl groups excluding tert-OH is 1. The van der Waals surface area contributed by atoms with E-state index in [0.717, 1.165) is 27.6 Å². The van der Waals surface area contributed by atoms with Crippen molar-refractivity contribution in [3.05, 3.63) is 53.6 Å². The van der Waals surface area contributed by atoms with Crippen molar-refractivity contribution >= 4 is 38.7 Å². The predicted molar refractivity (Wildman–Crippen MR) is 107 cm³/mol. The smallest absolute Gasteiger partial charge is 0.248 e. The van der Waals surface area contributed by atoms with Gasteiger partial charge in [0.2, 0.25) is 5.91 Å². The van der Waals surface area contributed by atoms with E-state index >= 15 is 0 Å². The lowest BCUT2D eigenvalue weighted by atomic mass is 9.88. The summed E-state index contributed by atoms with van der Waals surface area (Å²) in [5, 5.41) is 12.5. The molecular weight excluding hydrogens is 354 g/mol. The van der Waals surface area contributed by atoms with Crippen molar-refractivity contribution in [2.45, 2.75) is 32.0 Å². The molecule has 3 aromatic carbocycles.